The fraction of sp³-hybridized carbons (Fsp3) is 0.458. The lowest BCUT2D eigenvalue weighted by Gasteiger charge is -2.40. The van der Waals surface area contributed by atoms with Crippen LogP contribution in [-0.4, -0.2) is 18.7 Å². The predicted molar refractivity (Wildman–Crippen MR) is 116 cm³/mol. The molecule has 0 saturated heterocycles. The van der Waals surface area contributed by atoms with Crippen LogP contribution < -0.4 is 10.2 Å². The predicted octanol–water partition coefficient (Wildman–Crippen LogP) is 7.72. The quantitative estimate of drug-likeness (QED) is 0.394. The van der Waals surface area contributed by atoms with Crippen molar-refractivity contribution < 1.29 is 49.0 Å². The monoisotopic (exact) mass is 542 g/mol. The Balaban J connectivity index is 2.03. The number of benzene rings is 2. The fourth-order valence-electron chi connectivity index (χ4n) is 4.28. The number of fused-ring (bicyclic) bond motifs is 1. The molecule has 4 nitrogen and oxygen atoms in total. The van der Waals surface area contributed by atoms with E-state index >= 15 is 0 Å². The summed E-state index contributed by atoms with van der Waals surface area (Å²) in [6.07, 6.45) is -15.2. The highest BCUT2D eigenvalue weighted by Crippen LogP contribution is 2.42. The summed E-state index contributed by atoms with van der Waals surface area (Å²) in [6.45, 7) is 2.81. The first-order valence-corrected chi connectivity index (χ1v) is 11.2. The number of anilines is 1. The number of rotatable bonds is 5. The molecule has 0 unspecified atom stereocenters. The topological polar surface area (TPSA) is 41.6 Å². The van der Waals surface area contributed by atoms with E-state index in [9.17, 15) is 44.3 Å². The molecule has 0 aromatic heterocycles. The van der Waals surface area contributed by atoms with Crippen molar-refractivity contribution in [1.29, 1.82) is 0 Å². The first-order valence-electron chi connectivity index (χ1n) is 11.2. The molecule has 13 heteroatoms. The van der Waals surface area contributed by atoms with E-state index < -0.39 is 59.9 Å². The van der Waals surface area contributed by atoms with E-state index in [0.29, 0.717) is 18.6 Å². The highest BCUT2D eigenvalue weighted by molar-refractivity contribution is 5.90. The number of alkyl halides is 9. The molecule has 0 radical (unpaired) electrons. The lowest BCUT2D eigenvalue weighted by atomic mass is 9.88. The summed E-state index contributed by atoms with van der Waals surface area (Å²) in [5, 5.41) is 2.81. The van der Waals surface area contributed by atoms with Crippen molar-refractivity contribution in [3.63, 3.8) is 0 Å². The minimum absolute atomic E-state index is 0.000644. The van der Waals surface area contributed by atoms with Gasteiger partial charge in [-0.25, -0.2) is 4.79 Å². The Kier molecular flexibility index (Phi) is 8.06. The van der Waals surface area contributed by atoms with Gasteiger partial charge in [0.05, 0.1) is 29.0 Å². The standard InChI is InChI=1S/C24H23F9N2O2/c1-3-17-11-19(34-12-13-7-15(23(28,29)30)9-16(8-13)24(31,32)33)18-10-14(22(25,26)27)5-6-20(18)35(17)21(36)37-4-2/h5-10,17,19,34H,3-4,11-12H2,1-2H3/t17-,19+/m1/s1. The molecular weight excluding hydrogens is 519 g/mol. The van der Waals surface area contributed by atoms with E-state index in [1.54, 1.807) is 13.8 Å². The maximum Gasteiger partial charge on any atom is 0.416 e. The van der Waals surface area contributed by atoms with Crippen LogP contribution in [0.3, 0.4) is 0 Å². The smallest absolute Gasteiger partial charge is 0.416 e. The van der Waals surface area contributed by atoms with Gasteiger partial charge in [0, 0.05) is 18.6 Å². The summed E-state index contributed by atoms with van der Waals surface area (Å²) in [5.74, 6) is 0. The summed E-state index contributed by atoms with van der Waals surface area (Å²) in [4.78, 5) is 13.8. The van der Waals surface area contributed by atoms with Crippen LogP contribution in [-0.2, 0) is 29.8 Å². The van der Waals surface area contributed by atoms with Crippen LogP contribution in [0.5, 0.6) is 0 Å². The SMILES string of the molecule is CCOC(=O)N1c2ccc(C(F)(F)F)cc2[C@@H](NCc2cc(C(F)(F)F)cc(C(F)(F)F)c2)C[C@H]1CC. The third-order valence-corrected chi connectivity index (χ3v) is 6.00. The molecular formula is C24H23F9N2O2. The number of nitrogens with zero attached hydrogens (tertiary/aromatic N) is 1. The van der Waals surface area contributed by atoms with Gasteiger partial charge in [-0.15, -0.1) is 0 Å². The highest BCUT2D eigenvalue weighted by Gasteiger charge is 2.40. The molecule has 37 heavy (non-hydrogen) atoms. The number of hydrogen-bond donors (Lipinski definition) is 1. The van der Waals surface area contributed by atoms with Crippen LogP contribution in [0.1, 0.15) is 60.5 Å². The van der Waals surface area contributed by atoms with Crippen molar-refractivity contribution in [1.82, 2.24) is 5.32 Å². The van der Waals surface area contributed by atoms with Crippen molar-refractivity contribution in [2.24, 2.45) is 0 Å². The van der Waals surface area contributed by atoms with Crippen LogP contribution in [0.2, 0.25) is 0 Å². The average Bonchev–Trinajstić information content (AvgIpc) is 2.79. The molecule has 0 aliphatic carbocycles. The largest absolute Gasteiger partial charge is 0.449 e. The lowest BCUT2D eigenvalue weighted by Crippen LogP contribution is -2.47. The molecule has 1 aliphatic heterocycles. The molecule has 2 atom stereocenters. The average molecular weight is 542 g/mol. The summed E-state index contributed by atoms with van der Waals surface area (Å²) in [6, 6.07) is 2.38. The fourth-order valence-corrected chi connectivity index (χ4v) is 4.28. The van der Waals surface area contributed by atoms with Gasteiger partial charge in [0.15, 0.2) is 0 Å². The Morgan fingerprint density at radius 2 is 1.46 bits per heavy atom. The number of carbonyl (C=O) groups excluding carboxylic acids is 1. The number of amides is 1. The zero-order valence-corrected chi connectivity index (χ0v) is 19.6. The molecule has 2 aromatic carbocycles. The first-order chi connectivity index (χ1) is 17.1. The zero-order chi connectivity index (χ0) is 27.8. The van der Waals surface area contributed by atoms with E-state index in [4.69, 9.17) is 4.74 Å². The van der Waals surface area contributed by atoms with Crippen LogP contribution in [0.4, 0.5) is 50.0 Å². The molecule has 204 valence electrons. The number of ether oxygens (including phenoxy) is 1. The second kappa shape index (κ2) is 10.4. The van der Waals surface area contributed by atoms with Crippen molar-refractivity contribution in [2.45, 2.75) is 63.8 Å². The molecule has 0 fully saturated rings. The van der Waals surface area contributed by atoms with Crippen molar-refractivity contribution in [3.8, 4) is 0 Å². The minimum atomic E-state index is -5.04. The van der Waals surface area contributed by atoms with E-state index in [2.05, 4.69) is 5.32 Å². The van der Waals surface area contributed by atoms with Gasteiger partial charge < -0.3 is 10.1 Å². The third-order valence-electron chi connectivity index (χ3n) is 6.00. The molecule has 0 bridgehead atoms. The van der Waals surface area contributed by atoms with Gasteiger partial charge in [-0.2, -0.15) is 39.5 Å². The summed E-state index contributed by atoms with van der Waals surface area (Å²) in [5.41, 5.74) is -4.23. The molecule has 1 N–H and O–H groups in total. The Hall–Kier alpha value is -2.96. The van der Waals surface area contributed by atoms with Gasteiger partial charge in [-0.1, -0.05) is 6.92 Å². The maximum absolute atomic E-state index is 13.4. The Bertz CT molecular complexity index is 1090. The zero-order valence-electron chi connectivity index (χ0n) is 19.6. The molecule has 2 aromatic rings. The molecule has 0 spiro atoms. The van der Waals surface area contributed by atoms with Gasteiger partial charge in [-0.05, 0) is 67.3 Å². The second-order valence-electron chi connectivity index (χ2n) is 8.49. The number of carbonyl (C=O) groups is 1. The maximum atomic E-state index is 13.4. The van der Waals surface area contributed by atoms with Crippen molar-refractivity contribution in [3.05, 3.63) is 64.2 Å². The van der Waals surface area contributed by atoms with E-state index in [0.717, 1.165) is 18.2 Å². The van der Waals surface area contributed by atoms with Crippen molar-refractivity contribution >= 4 is 11.8 Å². The molecule has 1 amide bonds. The number of nitrogens with one attached hydrogen (secondary N) is 1. The summed E-state index contributed by atoms with van der Waals surface area (Å²) in [7, 11) is 0. The van der Waals surface area contributed by atoms with Crippen LogP contribution >= 0.6 is 0 Å². The van der Waals surface area contributed by atoms with Crippen LogP contribution in [0.25, 0.3) is 0 Å². The van der Waals surface area contributed by atoms with Gasteiger partial charge >= 0.3 is 24.6 Å². The Labute approximate surface area is 206 Å². The van der Waals surface area contributed by atoms with E-state index in [-0.39, 0.29) is 35.9 Å². The summed E-state index contributed by atoms with van der Waals surface area (Å²) >= 11 is 0. The minimum Gasteiger partial charge on any atom is -0.449 e. The van der Waals surface area contributed by atoms with E-state index in [1.807, 2.05) is 0 Å². The van der Waals surface area contributed by atoms with Gasteiger partial charge in [-0.3, -0.25) is 4.90 Å². The Morgan fingerprint density at radius 3 is 1.95 bits per heavy atom. The summed E-state index contributed by atoms with van der Waals surface area (Å²) < 4.78 is 125. The first kappa shape index (κ1) is 28.6. The van der Waals surface area contributed by atoms with Crippen LogP contribution in [0.15, 0.2) is 36.4 Å². The van der Waals surface area contributed by atoms with Crippen molar-refractivity contribution in [2.75, 3.05) is 11.5 Å². The van der Waals surface area contributed by atoms with Gasteiger partial charge in [0.2, 0.25) is 0 Å². The Morgan fingerprint density at radius 1 is 0.892 bits per heavy atom. The van der Waals surface area contributed by atoms with E-state index in [1.165, 1.54) is 4.90 Å². The molecule has 1 heterocycles. The highest BCUT2D eigenvalue weighted by atomic mass is 19.4. The normalized spacial score (nSPS) is 18.5. The number of halogens is 9. The van der Waals surface area contributed by atoms with Gasteiger partial charge in [0.25, 0.3) is 0 Å². The second-order valence-corrected chi connectivity index (χ2v) is 8.49. The molecule has 1 aliphatic rings. The van der Waals surface area contributed by atoms with Crippen LogP contribution in [0, 0.1) is 0 Å². The molecule has 3 rings (SSSR count). The lowest BCUT2D eigenvalue weighted by molar-refractivity contribution is -0.143. The van der Waals surface area contributed by atoms with Gasteiger partial charge in [0.1, 0.15) is 0 Å². The third kappa shape index (κ3) is 6.49. The number of hydrogen-bond acceptors (Lipinski definition) is 3. The molecule has 0 saturated carbocycles.